The minimum absolute atomic E-state index is 0.166. The molecule has 10 heteroatoms. The summed E-state index contributed by atoms with van der Waals surface area (Å²) in [4.78, 5) is 27.5. The Bertz CT molecular complexity index is 840. The summed E-state index contributed by atoms with van der Waals surface area (Å²) in [5.74, 6) is -1.37. The van der Waals surface area contributed by atoms with Crippen LogP contribution in [-0.4, -0.2) is 53.8 Å². The van der Waals surface area contributed by atoms with Crippen molar-refractivity contribution in [2.75, 3.05) is 20.2 Å². The number of nitrogens with zero attached hydrogens (tertiary/aromatic N) is 2. The summed E-state index contributed by atoms with van der Waals surface area (Å²) in [6.45, 7) is 5.52. The van der Waals surface area contributed by atoms with Crippen molar-refractivity contribution in [3.63, 3.8) is 0 Å². The van der Waals surface area contributed by atoms with Crippen molar-refractivity contribution in [2.24, 2.45) is 0 Å². The van der Waals surface area contributed by atoms with Gasteiger partial charge in [0.05, 0.1) is 24.3 Å². The van der Waals surface area contributed by atoms with Gasteiger partial charge in [-0.1, -0.05) is 6.07 Å². The Morgan fingerprint density at radius 1 is 1.17 bits per heavy atom. The number of amides is 2. The van der Waals surface area contributed by atoms with Gasteiger partial charge >= 0.3 is 18.4 Å². The zero-order chi connectivity index (χ0) is 22.5. The predicted octanol–water partition coefficient (Wildman–Crippen LogP) is 4.52. The van der Waals surface area contributed by atoms with Crippen LogP contribution in [0.3, 0.4) is 0 Å². The minimum atomic E-state index is -4.85. The van der Waals surface area contributed by atoms with E-state index in [-0.39, 0.29) is 18.7 Å². The highest BCUT2D eigenvalue weighted by Crippen LogP contribution is 2.53. The van der Waals surface area contributed by atoms with Gasteiger partial charge in [0.1, 0.15) is 11.4 Å². The maximum atomic E-state index is 13.7. The fourth-order valence-corrected chi connectivity index (χ4v) is 3.68. The average molecular weight is 432 g/mol. The highest BCUT2D eigenvalue weighted by molar-refractivity contribution is 5.73. The highest BCUT2D eigenvalue weighted by atomic mass is 19.4. The Morgan fingerprint density at radius 2 is 1.77 bits per heavy atom. The first-order valence-corrected chi connectivity index (χ1v) is 9.51. The molecule has 0 spiro atoms. The van der Waals surface area contributed by atoms with Crippen LogP contribution in [0, 0.1) is 5.82 Å². The first-order chi connectivity index (χ1) is 13.8. The third-order valence-electron chi connectivity index (χ3n) is 5.24. The molecule has 0 atom stereocenters. The van der Waals surface area contributed by atoms with E-state index in [4.69, 9.17) is 9.47 Å². The summed E-state index contributed by atoms with van der Waals surface area (Å²) in [6, 6.07) is 2.33. The van der Waals surface area contributed by atoms with Gasteiger partial charge < -0.3 is 14.4 Å². The van der Waals surface area contributed by atoms with Crippen LogP contribution in [0.1, 0.15) is 44.7 Å². The molecule has 2 amide bonds. The molecule has 0 N–H and O–H groups in total. The molecule has 1 saturated carbocycles. The van der Waals surface area contributed by atoms with Crippen LogP contribution in [0.5, 0.6) is 0 Å². The molecule has 6 nitrogen and oxygen atoms in total. The molecule has 2 aliphatic rings. The topological polar surface area (TPSA) is 59.1 Å². The molecule has 1 aromatic carbocycles. The molecule has 0 radical (unpaired) electrons. The number of likely N-dealkylation sites (tertiary alicyclic amines) is 1. The number of benzene rings is 1. The van der Waals surface area contributed by atoms with E-state index in [1.165, 1.54) is 23.0 Å². The van der Waals surface area contributed by atoms with Crippen molar-refractivity contribution in [1.29, 1.82) is 0 Å². The molecule has 1 aromatic rings. The largest absolute Gasteiger partial charge is 0.453 e. The summed E-state index contributed by atoms with van der Waals surface area (Å²) in [5.41, 5.74) is -2.88. The van der Waals surface area contributed by atoms with E-state index >= 15 is 0 Å². The zero-order valence-electron chi connectivity index (χ0n) is 17.2. The number of ether oxygens (including phenoxy) is 2. The Labute approximate surface area is 171 Å². The van der Waals surface area contributed by atoms with Crippen LogP contribution >= 0.6 is 0 Å². The van der Waals surface area contributed by atoms with Crippen LogP contribution in [0.4, 0.5) is 27.2 Å². The van der Waals surface area contributed by atoms with Crippen LogP contribution in [0.2, 0.25) is 0 Å². The molecule has 3 rings (SSSR count). The summed E-state index contributed by atoms with van der Waals surface area (Å²) >= 11 is 0. The van der Waals surface area contributed by atoms with E-state index in [1.54, 1.807) is 20.8 Å². The van der Waals surface area contributed by atoms with Crippen molar-refractivity contribution in [2.45, 2.75) is 57.0 Å². The first kappa shape index (κ1) is 22.2. The van der Waals surface area contributed by atoms with E-state index in [0.29, 0.717) is 12.8 Å². The summed E-state index contributed by atoms with van der Waals surface area (Å²) in [7, 11) is 1.18. The normalized spacial score (nSPS) is 18.5. The summed E-state index contributed by atoms with van der Waals surface area (Å²) < 4.78 is 63.4. The number of methoxy groups -OCH3 is 1. The summed E-state index contributed by atoms with van der Waals surface area (Å²) in [6.07, 6.45) is -5.27. The SMILES string of the molecule is COC(=O)N(C1CN(C(=O)OC(C)(C)C)C1)C1(c2ccc(F)c(C(F)(F)F)c2)CC1. The Hall–Kier alpha value is -2.52. The molecule has 1 saturated heterocycles. The van der Waals surface area contributed by atoms with Crippen molar-refractivity contribution in [1.82, 2.24) is 9.80 Å². The molecule has 0 aromatic heterocycles. The van der Waals surface area contributed by atoms with Crippen molar-refractivity contribution < 1.29 is 36.6 Å². The molecule has 1 heterocycles. The van der Waals surface area contributed by atoms with E-state index in [9.17, 15) is 27.2 Å². The maximum absolute atomic E-state index is 13.7. The molecule has 0 unspecified atom stereocenters. The number of rotatable bonds is 3. The second-order valence-corrected chi connectivity index (χ2v) is 8.60. The zero-order valence-corrected chi connectivity index (χ0v) is 17.2. The second-order valence-electron chi connectivity index (χ2n) is 8.60. The van der Waals surface area contributed by atoms with Gasteiger partial charge in [-0.3, -0.25) is 4.90 Å². The van der Waals surface area contributed by atoms with E-state index in [2.05, 4.69) is 0 Å². The fourth-order valence-electron chi connectivity index (χ4n) is 3.68. The third-order valence-corrected chi connectivity index (χ3v) is 5.24. The van der Waals surface area contributed by atoms with E-state index in [0.717, 1.165) is 12.1 Å². The molecule has 0 bridgehead atoms. The van der Waals surface area contributed by atoms with Gasteiger partial charge in [0.2, 0.25) is 0 Å². The summed E-state index contributed by atoms with van der Waals surface area (Å²) in [5, 5.41) is 0. The molecule has 166 valence electrons. The third kappa shape index (κ3) is 4.17. The molecule has 30 heavy (non-hydrogen) atoms. The van der Waals surface area contributed by atoms with Gasteiger partial charge in [0, 0.05) is 13.1 Å². The number of carbonyl (C=O) groups is 2. The smallest absolute Gasteiger partial charge is 0.419 e. The molecular weight excluding hydrogens is 408 g/mol. The van der Waals surface area contributed by atoms with Gasteiger partial charge in [0.25, 0.3) is 0 Å². The lowest BCUT2D eigenvalue weighted by Crippen LogP contribution is -2.65. The average Bonchev–Trinajstić information content (AvgIpc) is 3.36. The van der Waals surface area contributed by atoms with Gasteiger partial charge in [-0.25, -0.2) is 14.0 Å². The quantitative estimate of drug-likeness (QED) is 0.659. The minimum Gasteiger partial charge on any atom is -0.453 e. The Morgan fingerprint density at radius 3 is 2.23 bits per heavy atom. The lowest BCUT2D eigenvalue weighted by atomic mass is 9.96. The van der Waals surface area contributed by atoms with Gasteiger partial charge in [-0.05, 0) is 51.3 Å². The fraction of sp³-hybridized carbons (Fsp3) is 0.600. The molecule has 1 aliphatic heterocycles. The Kier molecular flexibility index (Phi) is 5.41. The van der Waals surface area contributed by atoms with Crippen LogP contribution in [-0.2, 0) is 21.2 Å². The number of hydrogen-bond donors (Lipinski definition) is 0. The lowest BCUT2D eigenvalue weighted by molar-refractivity contribution is -0.140. The number of alkyl halides is 3. The van der Waals surface area contributed by atoms with Crippen LogP contribution < -0.4 is 0 Å². The standard InChI is InChI=1S/C20H24F4N2O4/c1-18(2,3)30-16(27)25-10-13(11-25)26(17(28)29-4)19(7-8-19)12-5-6-15(21)14(9-12)20(22,23)24/h5-6,9,13H,7-8,10-11H2,1-4H3. The molecule has 1 aliphatic carbocycles. The van der Waals surface area contributed by atoms with Crippen molar-refractivity contribution in [3.05, 3.63) is 35.1 Å². The van der Waals surface area contributed by atoms with Gasteiger partial charge in [-0.2, -0.15) is 13.2 Å². The predicted molar refractivity (Wildman–Crippen MR) is 98.2 cm³/mol. The van der Waals surface area contributed by atoms with Gasteiger partial charge in [-0.15, -0.1) is 0 Å². The second kappa shape index (κ2) is 7.31. The van der Waals surface area contributed by atoms with Gasteiger partial charge in [0.15, 0.2) is 0 Å². The molecule has 2 fully saturated rings. The van der Waals surface area contributed by atoms with E-state index in [1.807, 2.05) is 0 Å². The number of hydrogen-bond acceptors (Lipinski definition) is 4. The number of halogens is 4. The van der Waals surface area contributed by atoms with Crippen LogP contribution in [0.25, 0.3) is 0 Å². The van der Waals surface area contributed by atoms with Crippen molar-refractivity contribution >= 4 is 12.2 Å². The highest BCUT2D eigenvalue weighted by Gasteiger charge is 2.57. The maximum Gasteiger partial charge on any atom is 0.419 e. The monoisotopic (exact) mass is 432 g/mol. The number of carbonyl (C=O) groups excluding carboxylic acids is 2. The van der Waals surface area contributed by atoms with E-state index < -0.39 is 46.9 Å². The molecular formula is C20H24F4N2O4. The lowest BCUT2D eigenvalue weighted by Gasteiger charge is -2.47. The first-order valence-electron chi connectivity index (χ1n) is 9.51. The van der Waals surface area contributed by atoms with Crippen molar-refractivity contribution in [3.8, 4) is 0 Å². The van der Waals surface area contributed by atoms with Crippen LogP contribution in [0.15, 0.2) is 18.2 Å². The Balaban J connectivity index is 1.84.